The number of fused-ring (bicyclic) bond motifs is 1. The molecule has 2 rings (SSSR count). The third-order valence-corrected chi connectivity index (χ3v) is 4.44. The number of benzene rings is 1. The fourth-order valence-electron chi connectivity index (χ4n) is 2.91. The molecule has 0 saturated carbocycles. The van der Waals surface area contributed by atoms with E-state index in [0.29, 0.717) is 13.0 Å². The minimum Gasteiger partial charge on any atom is -0.480 e. The Morgan fingerprint density at radius 2 is 2.09 bits per heavy atom. The van der Waals surface area contributed by atoms with Gasteiger partial charge in [0, 0.05) is 6.04 Å². The van der Waals surface area contributed by atoms with Crippen LogP contribution in [0.25, 0.3) is 0 Å². The standard InChI is InChI=1S/C19H29NO3/c1-13(20-17(18(21)22)7-9-19(2,3)4)15-6-5-14-8-10-23-12-16(14)11-15/h5-6,11,13,17,20H,7-10,12H2,1-4H3,(H,21,22)/t13-,17+/m1/s1. The van der Waals surface area contributed by atoms with Crippen molar-refractivity contribution in [3.05, 3.63) is 34.9 Å². The SMILES string of the molecule is C[C@@H](N[C@@H](CCC(C)(C)C)C(=O)O)c1ccc2c(c1)COCC2. The van der Waals surface area contributed by atoms with Crippen LogP contribution in [0.2, 0.25) is 0 Å². The summed E-state index contributed by atoms with van der Waals surface area (Å²) >= 11 is 0. The highest BCUT2D eigenvalue weighted by atomic mass is 16.5. The van der Waals surface area contributed by atoms with E-state index in [9.17, 15) is 9.90 Å². The molecular weight excluding hydrogens is 290 g/mol. The van der Waals surface area contributed by atoms with Crippen LogP contribution in [0.1, 0.15) is 63.3 Å². The molecule has 1 aromatic carbocycles. The number of carboxylic acid groups (broad SMARTS) is 1. The number of aliphatic carboxylic acids is 1. The number of nitrogens with one attached hydrogen (secondary N) is 1. The maximum absolute atomic E-state index is 11.5. The lowest BCUT2D eigenvalue weighted by Gasteiger charge is -2.25. The molecule has 4 nitrogen and oxygen atoms in total. The Kier molecular flexibility index (Phi) is 5.82. The largest absolute Gasteiger partial charge is 0.480 e. The van der Waals surface area contributed by atoms with Crippen molar-refractivity contribution in [3.63, 3.8) is 0 Å². The van der Waals surface area contributed by atoms with Crippen LogP contribution in [-0.4, -0.2) is 23.7 Å². The summed E-state index contributed by atoms with van der Waals surface area (Å²) in [5, 5.41) is 12.7. The van der Waals surface area contributed by atoms with Crippen molar-refractivity contribution in [1.29, 1.82) is 0 Å². The minimum absolute atomic E-state index is 0.00305. The summed E-state index contributed by atoms with van der Waals surface area (Å²) in [4.78, 5) is 11.5. The molecule has 0 amide bonds. The van der Waals surface area contributed by atoms with Gasteiger partial charge in [0.25, 0.3) is 0 Å². The van der Waals surface area contributed by atoms with Crippen molar-refractivity contribution >= 4 is 5.97 Å². The number of hydrogen-bond acceptors (Lipinski definition) is 3. The molecule has 1 aliphatic heterocycles. The molecule has 0 saturated heterocycles. The number of rotatable bonds is 6. The van der Waals surface area contributed by atoms with Gasteiger partial charge in [0.15, 0.2) is 0 Å². The van der Waals surface area contributed by atoms with E-state index < -0.39 is 12.0 Å². The number of ether oxygens (including phenoxy) is 1. The zero-order valence-corrected chi connectivity index (χ0v) is 14.7. The summed E-state index contributed by atoms with van der Waals surface area (Å²) in [5.41, 5.74) is 3.83. The molecule has 1 aliphatic rings. The van der Waals surface area contributed by atoms with E-state index >= 15 is 0 Å². The van der Waals surface area contributed by atoms with Crippen LogP contribution in [0.3, 0.4) is 0 Å². The van der Waals surface area contributed by atoms with Crippen LogP contribution < -0.4 is 5.32 Å². The van der Waals surface area contributed by atoms with Gasteiger partial charge in [0.1, 0.15) is 6.04 Å². The first-order valence-electron chi connectivity index (χ1n) is 8.44. The van der Waals surface area contributed by atoms with Crippen molar-refractivity contribution in [3.8, 4) is 0 Å². The molecule has 1 aromatic rings. The Morgan fingerprint density at radius 3 is 2.74 bits per heavy atom. The van der Waals surface area contributed by atoms with Gasteiger partial charge in [-0.1, -0.05) is 39.0 Å². The molecule has 2 N–H and O–H groups in total. The molecule has 128 valence electrons. The fraction of sp³-hybridized carbons (Fsp3) is 0.632. The maximum atomic E-state index is 11.5. The summed E-state index contributed by atoms with van der Waals surface area (Å²) in [5.74, 6) is -0.776. The highest BCUT2D eigenvalue weighted by Gasteiger charge is 2.23. The Labute approximate surface area is 139 Å². The Morgan fingerprint density at radius 1 is 1.35 bits per heavy atom. The quantitative estimate of drug-likeness (QED) is 0.839. The van der Waals surface area contributed by atoms with Gasteiger partial charge in [0.2, 0.25) is 0 Å². The smallest absolute Gasteiger partial charge is 0.320 e. The second kappa shape index (κ2) is 7.45. The van der Waals surface area contributed by atoms with Gasteiger partial charge < -0.3 is 9.84 Å². The average Bonchev–Trinajstić information content (AvgIpc) is 2.49. The maximum Gasteiger partial charge on any atom is 0.320 e. The van der Waals surface area contributed by atoms with Crippen LogP contribution in [0.5, 0.6) is 0 Å². The lowest BCUT2D eigenvalue weighted by molar-refractivity contribution is -0.140. The molecule has 0 aromatic heterocycles. The number of carbonyl (C=O) groups is 1. The van der Waals surface area contributed by atoms with Gasteiger partial charge >= 0.3 is 5.97 Å². The Balaban J connectivity index is 2.03. The van der Waals surface area contributed by atoms with Crippen molar-refractivity contribution in [2.45, 2.75) is 65.6 Å². The third kappa shape index (κ3) is 5.33. The molecule has 1 heterocycles. The van der Waals surface area contributed by atoms with Gasteiger partial charge in [-0.3, -0.25) is 10.1 Å². The summed E-state index contributed by atoms with van der Waals surface area (Å²) in [6, 6.07) is 5.88. The van der Waals surface area contributed by atoms with Crippen molar-refractivity contribution in [2.75, 3.05) is 6.61 Å². The molecule has 0 bridgehead atoms. The first kappa shape index (κ1) is 18.0. The predicted molar refractivity (Wildman–Crippen MR) is 91.5 cm³/mol. The molecule has 4 heteroatoms. The molecule has 23 heavy (non-hydrogen) atoms. The average molecular weight is 319 g/mol. The van der Waals surface area contributed by atoms with E-state index in [1.807, 2.05) is 6.92 Å². The van der Waals surface area contributed by atoms with Crippen molar-refractivity contribution < 1.29 is 14.6 Å². The molecule has 0 fully saturated rings. The highest BCUT2D eigenvalue weighted by Crippen LogP contribution is 2.25. The Hall–Kier alpha value is -1.39. The molecule has 2 atom stereocenters. The zero-order valence-electron chi connectivity index (χ0n) is 14.7. The second-order valence-corrected chi connectivity index (χ2v) is 7.71. The summed E-state index contributed by atoms with van der Waals surface area (Å²) in [6.07, 6.45) is 2.47. The first-order valence-corrected chi connectivity index (χ1v) is 8.44. The van der Waals surface area contributed by atoms with Crippen molar-refractivity contribution in [1.82, 2.24) is 5.32 Å². The molecule has 0 unspecified atom stereocenters. The minimum atomic E-state index is -0.776. The van der Waals surface area contributed by atoms with Gasteiger partial charge in [0.05, 0.1) is 13.2 Å². The van der Waals surface area contributed by atoms with Gasteiger partial charge in [-0.15, -0.1) is 0 Å². The van der Waals surface area contributed by atoms with Crippen LogP contribution >= 0.6 is 0 Å². The molecule has 0 aliphatic carbocycles. The van der Waals surface area contributed by atoms with Gasteiger partial charge in [-0.2, -0.15) is 0 Å². The summed E-state index contributed by atoms with van der Waals surface area (Å²) in [7, 11) is 0. The van der Waals surface area contributed by atoms with Gasteiger partial charge in [-0.25, -0.2) is 0 Å². The number of hydrogen-bond donors (Lipinski definition) is 2. The van der Waals surface area contributed by atoms with Gasteiger partial charge in [-0.05, 0) is 48.3 Å². The molecule has 0 radical (unpaired) electrons. The van der Waals surface area contributed by atoms with E-state index in [1.165, 1.54) is 11.1 Å². The summed E-state index contributed by atoms with van der Waals surface area (Å²) < 4.78 is 5.51. The molecule has 0 spiro atoms. The van der Waals surface area contributed by atoms with Crippen LogP contribution in [0.15, 0.2) is 18.2 Å². The Bertz CT molecular complexity index is 548. The number of carboxylic acids is 1. The van der Waals surface area contributed by atoms with E-state index in [1.54, 1.807) is 0 Å². The van der Waals surface area contributed by atoms with Crippen LogP contribution in [-0.2, 0) is 22.6 Å². The monoisotopic (exact) mass is 319 g/mol. The van der Waals surface area contributed by atoms with Crippen molar-refractivity contribution in [2.24, 2.45) is 5.41 Å². The van der Waals surface area contributed by atoms with E-state index in [2.05, 4.69) is 44.3 Å². The fourth-order valence-corrected chi connectivity index (χ4v) is 2.91. The van der Waals surface area contributed by atoms with Crippen LogP contribution in [0, 0.1) is 5.41 Å². The van der Waals surface area contributed by atoms with E-state index in [0.717, 1.165) is 25.0 Å². The predicted octanol–water partition coefficient (Wildman–Crippen LogP) is 3.69. The summed E-state index contributed by atoms with van der Waals surface area (Å²) in [6.45, 7) is 9.88. The lowest BCUT2D eigenvalue weighted by atomic mass is 9.88. The van der Waals surface area contributed by atoms with Crippen LogP contribution in [0.4, 0.5) is 0 Å². The third-order valence-electron chi connectivity index (χ3n) is 4.44. The van der Waals surface area contributed by atoms with E-state index in [4.69, 9.17) is 4.74 Å². The highest BCUT2D eigenvalue weighted by molar-refractivity contribution is 5.73. The topological polar surface area (TPSA) is 58.6 Å². The normalized spacial score (nSPS) is 17.4. The van der Waals surface area contributed by atoms with E-state index in [-0.39, 0.29) is 11.5 Å². The second-order valence-electron chi connectivity index (χ2n) is 7.71. The lowest BCUT2D eigenvalue weighted by Crippen LogP contribution is -2.39. The first-order chi connectivity index (χ1) is 10.8. The zero-order chi connectivity index (χ0) is 17.0. The molecular formula is C19H29NO3.